The minimum Gasteiger partial charge on any atom is -0.453 e. The summed E-state index contributed by atoms with van der Waals surface area (Å²) in [5.41, 5.74) is -0.355. The van der Waals surface area contributed by atoms with Crippen LogP contribution >= 0.6 is 11.3 Å². The lowest BCUT2D eigenvalue weighted by Gasteiger charge is -2.21. The van der Waals surface area contributed by atoms with Crippen LogP contribution in [0.25, 0.3) is 10.2 Å². The van der Waals surface area contributed by atoms with Crippen molar-refractivity contribution >= 4 is 39.5 Å². The van der Waals surface area contributed by atoms with E-state index >= 15 is 0 Å². The molecule has 2 fully saturated rings. The van der Waals surface area contributed by atoms with Crippen LogP contribution in [0.5, 0.6) is 0 Å². The number of H-pyrrole nitrogens is 1. The number of aromatic amines is 1. The molecule has 1 aliphatic heterocycles. The second-order valence-electron chi connectivity index (χ2n) is 7.84. The molecule has 3 amide bonds. The van der Waals surface area contributed by atoms with E-state index in [1.807, 2.05) is 13.8 Å². The molecule has 0 spiro atoms. The van der Waals surface area contributed by atoms with Gasteiger partial charge in [-0.2, -0.15) is 0 Å². The Morgan fingerprint density at radius 2 is 2.03 bits per heavy atom. The fraction of sp³-hybridized carbons (Fsp3) is 0.526. The van der Waals surface area contributed by atoms with Crippen molar-refractivity contribution in [2.75, 3.05) is 6.54 Å². The predicted molar refractivity (Wildman–Crippen MR) is 106 cm³/mol. The number of hydrogen-bond acceptors (Lipinski definition) is 7. The first-order valence-electron chi connectivity index (χ1n) is 9.45. The molecule has 1 saturated carbocycles. The topological polar surface area (TPSA) is 121 Å². The number of carbonyl (C=O) groups is 3. The average Bonchev–Trinajstić information content (AvgIpc) is 3.42. The Bertz CT molecular complexity index is 1100. The van der Waals surface area contributed by atoms with Gasteiger partial charge in [-0.25, -0.2) is 9.78 Å². The Balaban J connectivity index is 1.47. The van der Waals surface area contributed by atoms with Crippen LogP contribution in [0.4, 0.5) is 4.79 Å². The molecule has 3 heterocycles. The normalized spacial score (nSPS) is 22.8. The van der Waals surface area contributed by atoms with Gasteiger partial charge in [-0.3, -0.25) is 19.3 Å². The number of hydrogen-bond donors (Lipinski definition) is 2. The Morgan fingerprint density at radius 3 is 2.69 bits per heavy atom. The van der Waals surface area contributed by atoms with Crippen LogP contribution in [-0.2, 0) is 14.3 Å². The maximum Gasteiger partial charge on any atom is 0.326 e. The predicted octanol–water partition coefficient (Wildman–Crippen LogP) is 1.93. The molecule has 2 aromatic rings. The van der Waals surface area contributed by atoms with Gasteiger partial charge in [0, 0.05) is 4.88 Å². The third kappa shape index (κ3) is 3.21. The highest BCUT2D eigenvalue weighted by molar-refractivity contribution is 7.18. The highest BCUT2D eigenvalue weighted by Crippen LogP contribution is 2.42. The summed E-state index contributed by atoms with van der Waals surface area (Å²) in [4.78, 5) is 59.1. The SMILES string of the molecule is Cc1sc2nc([C@H](C)OC(=O)CN3C(=O)N[C@@](C)(C4CC4)C3=O)[nH]c(=O)c2c1C. The van der Waals surface area contributed by atoms with Crippen molar-refractivity contribution in [1.82, 2.24) is 20.2 Å². The summed E-state index contributed by atoms with van der Waals surface area (Å²) in [6.07, 6.45) is 0.917. The summed E-state index contributed by atoms with van der Waals surface area (Å²) < 4.78 is 5.34. The molecule has 29 heavy (non-hydrogen) atoms. The number of nitrogens with zero attached hydrogens (tertiary/aromatic N) is 2. The van der Waals surface area contributed by atoms with Crippen LogP contribution in [0.2, 0.25) is 0 Å². The van der Waals surface area contributed by atoms with Gasteiger partial charge in [0.1, 0.15) is 16.9 Å². The Kier molecular flexibility index (Phi) is 4.49. The first kappa shape index (κ1) is 19.6. The van der Waals surface area contributed by atoms with Gasteiger partial charge in [0.2, 0.25) is 0 Å². The summed E-state index contributed by atoms with van der Waals surface area (Å²) in [6, 6.07) is -0.591. The summed E-state index contributed by atoms with van der Waals surface area (Å²) in [5, 5.41) is 3.22. The number of urea groups is 1. The summed E-state index contributed by atoms with van der Waals surface area (Å²) in [6.45, 7) is 6.56. The second kappa shape index (κ2) is 6.65. The molecule has 1 aliphatic carbocycles. The molecule has 1 saturated heterocycles. The number of aryl methyl sites for hydroxylation is 2. The number of nitrogens with one attached hydrogen (secondary N) is 2. The molecule has 10 heteroatoms. The molecule has 2 aliphatic rings. The lowest BCUT2D eigenvalue weighted by atomic mass is 9.96. The standard InChI is InChI=1S/C19H22N4O5S/c1-8-10(3)29-16-13(8)15(25)20-14(21-16)9(2)28-12(24)7-23-17(26)19(4,11-5-6-11)22-18(23)27/h9,11H,5-7H2,1-4H3,(H,22,27)(H,20,21,25)/t9-,19-/m0/s1. The number of esters is 1. The van der Waals surface area contributed by atoms with E-state index in [1.165, 1.54) is 11.3 Å². The monoisotopic (exact) mass is 418 g/mol. The molecular weight excluding hydrogens is 396 g/mol. The van der Waals surface area contributed by atoms with Crippen LogP contribution < -0.4 is 10.9 Å². The van der Waals surface area contributed by atoms with Crippen molar-refractivity contribution in [2.45, 2.75) is 52.2 Å². The molecule has 2 atom stereocenters. The van der Waals surface area contributed by atoms with E-state index in [4.69, 9.17) is 4.74 Å². The average molecular weight is 418 g/mol. The van der Waals surface area contributed by atoms with Gasteiger partial charge < -0.3 is 15.0 Å². The van der Waals surface area contributed by atoms with Crippen LogP contribution in [0, 0.1) is 19.8 Å². The highest BCUT2D eigenvalue weighted by atomic mass is 32.1. The van der Waals surface area contributed by atoms with Crippen molar-refractivity contribution in [1.29, 1.82) is 0 Å². The zero-order chi connectivity index (χ0) is 21.1. The molecule has 0 unspecified atom stereocenters. The maximum absolute atomic E-state index is 12.6. The number of thiophene rings is 1. The highest BCUT2D eigenvalue weighted by Gasteiger charge is 2.56. The zero-order valence-electron chi connectivity index (χ0n) is 16.6. The van der Waals surface area contributed by atoms with E-state index in [0.29, 0.717) is 10.2 Å². The molecule has 2 N–H and O–H groups in total. The number of aromatic nitrogens is 2. The van der Waals surface area contributed by atoms with Gasteiger partial charge in [-0.15, -0.1) is 11.3 Å². The first-order valence-corrected chi connectivity index (χ1v) is 10.3. The summed E-state index contributed by atoms with van der Waals surface area (Å²) >= 11 is 1.40. The number of ether oxygens (including phenoxy) is 1. The van der Waals surface area contributed by atoms with Crippen LogP contribution in [0.1, 0.15) is 49.1 Å². The first-order chi connectivity index (χ1) is 13.6. The number of rotatable bonds is 5. The maximum atomic E-state index is 12.6. The van der Waals surface area contributed by atoms with E-state index in [2.05, 4.69) is 15.3 Å². The van der Waals surface area contributed by atoms with E-state index < -0.39 is 36.1 Å². The molecule has 0 aromatic carbocycles. The molecule has 4 rings (SSSR count). The fourth-order valence-electron chi connectivity index (χ4n) is 3.68. The van der Waals surface area contributed by atoms with E-state index in [0.717, 1.165) is 28.2 Å². The molecule has 154 valence electrons. The van der Waals surface area contributed by atoms with Crippen molar-refractivity contribution in [3.8, 4) is 0 Å². The van der Waals surface area contributed by atoms with Gasteiger partial charge in [-0.1, -0.05) is 0 Å². The Labute approximate surface area is 170 Å². The van der Waals surface area contributed by atoms with Crippen LogP contribution in [0.15, 0.2) is 4.79 Å². The van der Waals surface area contributed by atoms with E-state index in [9.17, 15) is 19.2 Å². The lowest BCUT2D eigenvalue weighted by Crippen LogP contribution is -2.46. The number of imide groups is 1. The fourth-order valence-corrected chi connectivity index (χ4v) is 4.72. The van der Waals surface area contributed by atoms with E-state index in [1.54, 1.807) is 13.8 Å². The largest absolute Gasteiger partial charge is 0.453 e. The van der Waals surface area contributed by atoms with Gasteiger partial charge >= 0.3 is 12.0 Å². The molecule has 0 radical (unpaired) electrons. The number of fused-ring (bicyclic) bond motifs is 1. The van der Waals surface area contributed by atoms with Gasteiger partial charge in [-0.05, 0) is 52.0 Å². The van der Waals surface area contributed by atoms with Crippen molar-refractivity contribution in [3.05, 3.63) is 26.6 Å². The zero-order valence-corrected chi connectivity index (χ0v) is 17.4. The van der Waals surface area contributed by atoms with Crippen LogP contribution in [0.3, 0.4) is 0 Å². The molecular formula is C19H22N4O5S. The molecule has 2 aromatic heterocycles. The summed E-state index contributed by atoms with van der Waals surface area (Å²) in [7, 11) is 0. The van der Waals surface area contributed by atoms with Gasteiger partial charge in [0.25, 0.3) is 11.5 Å². The lowest BCUT2D eigenvalue weighted by molar-refractivity contribution is -0.152. The van der Waals surface area contributed by atoms with Gasteiger partial charge in [0.15, 0.2) is 11.9 Å². The third-order valence-electron chi connectivity index (χ3n) is 5.73. The summed E-state index contributed by atoms with van der Waals surface area (Å²) in [5.74, 6) is -0.829. The number of carbonyl (C=O) groups excluding carboxylic acids is 3. The minimum atomic E-state index is -0.949. The quantitative estimate of drug-likeness (QED) is 0.565. The third-order valence-corrected chi connectivity index (χ3v) is 6.83. The molecule has 0 bridgehead atoms. The number of amides is 3. The van der Waals surface area contributed by atoms with E-state index in [-0.39, 0.29) is 17.3 Å². The minimum absolute atomic E-state index is 0.109. The van der Waals surface area contributed by atoms with Crippen molar-refractivity contribution in [2.24, 2.45) is 5.92 Å². The molecule has 9 nitrogen and oxygen atoms in total. The second-order valence-corrected chi connectivity index (χ2v) is 9.05. The van der Waals surface area contributed by atoms with Crippen LogP contribution in [-0.4, -0.2) is 44.9 Å². The van der Waals surface area contributed by atoms with Gasteiger partial charge in [0.05, 0.1) is 5.39 Å². The smallest absolute Gasteiger partial charge is 0.326 e. The van der Waals surface area contributed by atoms with Crippen molar-refractivity contribution < 1.29 is 19.1 Å². The van der Waals surface area contributed by atoms with Crippen molar-refractivity contribution in [3.63, 3.8) is 0 Å². The Hall–Kier alpha value is -2.75. The Morgan fingerprint density at radius 1 is 1.34 bits per heavy atom.